The number of amides is 1. The van der Waals surface area contributed by atoms with E-state index in [1.807, 2.05) is 6.08 Å². The van der Waals surface area contributed by atoms with E-state index >= 15 is 0 Å². The predicted molar refractivity (Wildman–Crippen MR) is 73.1 cm³/mol. The fraction of sp³-hybridized carbons (Fsp3) is 0.267. The number of carbonyl (C=O) groups is 1. The third kappa shape index (κ3) is 2.09. The second-order valence-corrected chi connectivity index (χ2v) is 4.96. The van der Waals surface area contributed by atoms with Gasteiger partial charge in [0.05, 0.1) is 5.52 Å². The van der Waals surface area contributed by atoms with E-state index in [0.29, 0.717) is 30.4 Å². The Morgan fingerprint density at radius 3 is 2.80 bits per heavy atom. The molecule has 0 saturated carbocycles. The molecule has 2 heterocycles. The molecule has 0 saturated heterocycles. The molecule has 1 aromatic heterocycles. The van der Waals surface area contributed by atoms with Gasteiger partial charge in [-0.2, -0.15) is 0 Å². The smallest absolute Gasteiger partial charge is 0.219 e. The SMILES string of the molecule is CC(=O)N1CC=C(c2c[nH]c3cc(F)cc(F)c23)CC1. The largest absolute Gasteiger partial charge is 0.360 e. The molecule has 1 N–H and O–H groups in total. The summed E-state index contributed by atoms with van der Waals surface area (Å²) in [5, 5.41) is 0.411. The number of hydrogen-bond donors (Lipinski definition) is 1. The van der Waals surface area contributed by atoms with Crippen LogP contribution in [-0.4, -0.2) is 28.9 Å². The first-order chi connectivity index (χ1) is 9.56. The van der Waals surface area contributed by atoms with Crippen molar-refractivity contribution in [2.75, 3.05) is 13.1 Å². The number of aromatic amines is 1. The average Bonchev–Trinajstić information content (AvgIpc) is 2.82. The van der Waals surface area contributed by atoms with Crippen molar-refractivity contribution in [3.05, 3.63) is 41.6 Å². The molecule has 0 aliphatic carbocycles. The number of carbonyl (C=O) groups excluding carboxylic acids is 1. The molecular weight excluding hydrogens is 262 g/mol. The zero-order valence-electron chi connectivity index (χ0n) is 11.0. The van der Waals surface area contributed by atoms with Gasteiger partial charge in [0.1, 0.15) is 11.6 Å². The highest BCUT2D eigenvalue weighted by molar-refractivity contribution is 5.93. The number of halogens is 2. The molecule has 1 amide bonds. The first-order valence-electron chi connectivity index (χ1n) is 6.47. The van der Waals surface area contributed by atoms with Gasteiger partial charge >= 0.3 is 0 Å². The molecule has 5 heteroatoms. The van der Waals surface area contributed by atoms with Crippen LogP contribution in [0.4, 0.5) is 8.78 Å². The van der Waals surface area contributed by atoms with E-state index < -0.39 is 11.6 Å². The number of benzene rings is 1. The lowest BCUT2D eigenvalue weighted by Crippen LogP contribution is -2.32. The molecular formula is C15H14F2N2O. The highest BCUT2D eigenvalue weighted by atomic mass is 19.1. The maximum atomic E-state index is 13.9. The maximum Gasteiger partial charge on any atom is 0.219 e. The van der Waals surface area contributed by atoms with E-state index in [2.05, 4.69) is 4.98 Å². The molecule has 3 nitrogen and oxygen atoms in total. The predicted octanol–water partition coefficient (Wildman–Crippen LogP) is 3.08. The molecule has 20 heavy (non-hydrogen) atoms. The number of aromatic nitrogens is 1. The van der Waals surface area contributed by atoms with Gasteiger partial charge in [-0.25, -0.2) is 8.78 Å². The van der Waals surface area contributed by atoms with Gasteiger partial charge in [0.15, 0.2) is 0 Å². The number of nitrogens with one attached hydrogen (secondary N) is 1. The quantitative estimate of drug-likeness (QED) is 0.853. The summed E-state index contributed by atoms with van der Waals surface area (Å²) < 4.78 is 27.1. The van der Waals surface area contributed by atoms with Crippen LogP contribution in [0.5, 0.6) is 0 Å². The number of nitrogens with zero attached hydrogens (tertiary/aromatic N) is 1. The van der Waals surface area contributed by atoms with Crippen molar-refractivity contribution < 1.29 is 13.6 Å². The summed E-state index contributed by atoms with van der Waals surface area (Å²) in [6, 6.07) is 2.18. The van der Waals surface area contributed by atoms with Crippen molar-refractivity contribution in [3.8, 4) is 0 Å². The second-order valence-electron chi connectivity index (χ2n) is 4.96. The number of H-pyrrole nitrogens is 1. The monoisotopic (exact) mass is 276 g/mol. The van der Waals surface area contributed by atoms with Gasteiger partial charge in [-0.15, -0.1) is 0 Å². The third-order valence-electron chi connectivity index (χ3n) is 3.70. The third-order valence-corrected chi connectivity index (χ3v) is 3.70. The van der Waals surface area contributed by atoms with Crippen LogP contribution in [0.2, 0.25) is 0 Å². The van der Waals surface area contributed by atoms with E-state index in [-0.39, 0.29) is 5.91 Å². The van der Waals surface area contributed by atoms with Gasteiger partial charge in [-0.05, 0) is 18.1 Å². The summed E-state index contributed by atoms with van der Waals surface area (Å²) in [5.74, 6) is -1.12. The normalized spacial score (nSPS) is 15.6. The lowest BCUT2D eigenvalue weighted by Gasteiger charge is -2.25. The molecule has 0 unspecified atom stereocenters. The van der Waals surface area contributed by atoms with Gasteiger partial charge in [-0.1, -0.05) is 6.08 Å². The summed E-state index contributed by atoms with van der Waals surface area (Å²) >= 11 is 0. The standard InChI is InChI=1S/C15H14F2N2O/c1-9(20)19-4-2-10(3-5-19)12-8-18-14-7-11(16)6-13(17)15(12)14/h2,6-8,18H,3-5H2,1H3. The lowest BCUT2D eigenvalue weighted by molar-refractivity contribution is -0.128. The molecule has 0 fully saturated rings. The summed E-state index contributed by atoms with van der Waals surface area (Å²) in [6.07, 6.45) is 4.29. The average molecular weight is 276 g/mol. The van der Waals surface area contributed by atoms with Crippen LogP contribution in [-0.2, 0) is 4.79 Å². The van der Waals surface area contributed by atoms with Gasteiger partial charge in [0, 0.05) is 43.2 Å². The molecule has 104 valence electrons. The molecule has 0 bridgehead atoms. The van der Waals surface area contributed by atoms with Crippen molar-refractivity contribution >= 4 is 22.4 Å². The molecule has 0 spiro atoms. The molecule has 2 aromatic rings. The van der Waals surface area contributed by atoms with E-state index in [1.165, 1.54) is 13.0 Å². The maximum absolute atomic E-state index is 13.9. The number of fused-ring (bicyclic) bond motifs is 1. The Balaban J connectivity index is 2.02. The van der Waals surface area contributed by atoms with Crippen LogP contribution in [0.1, 0.15) is 18.9 Å². The van der Waals surface area contributed by atoms with Crippen LogP contribution < -0.4 is 0 Å². The van der Waals surface area contributed by atoms with Crippen molar-refractivity contribution in [1.29, 1.82) is 0 Å². The minimum Gasteiger partial charge on any atom is -0.360 e. The lowest BCUT2D eigenvalue weighted by atomic mass is 9.98. The van der Waals surface area contributed by atoms with Crippen molar-refractivity contribution in [2.45, 2.75) is 13.3 Å². The highest BCUT2D eigenvalue weighted by Gasteiger charge is 2.19. The molecule has 3 rings (SSSR count). The van der Waals surface area contributed by atoms with E-state index in [4.69, 9.17) is 0 Å². The van der Waals surface area contributed by atoms with Crippen molar-refractivity contribution in [1.82, 2.24) is 9.88 Å². The Labute approximate surface area is 114 Å². The Morgan fingerprint density at radius 1 is 1.35 bits per heavy atom. The minimum absolute atomic E-state index is 0.0347. The number of hydrogen-bond acceptors (Lipinski definition) is 1. The van der Waals surface area contributed by atoms with Gasteiger partial charge in [-0.3, -0.25) is 4.79 Å². The van der Waals surface area contributed by atoms with E-state index in [1.54, 1.807) is 11.1 Å². The fourth-order valence-electron chi connectivity index (χ4n) is 2.64. The topological polar surface area (TPSA) is 36.1 Å². The van der Waals surface area contributed by atoms with Gasteiger partial charge < -0.3 is 9.88 Å². The van der Waals surface area contributed by atoms with E-state index in [9.17, 15) is 13.6 Å². The van der Waals surface area contributed by atoms with Crippen molar-refractivity contribution in [2.24, 2.45) is 0 Å². The first kappa shape index (κ1) is 12.8. The number of rotatable bonds is 1. The molecule has 1 aromatic carbocycles. The Hall–Kier alpha value is -2.17. The zero-order valence-corrected chi connectivity index (χ0v) is 11.0. The zero-order chi connectivity index (χ0) is 14.3. The summed E-state index contributed by atoms with van der Waals surface area (Å²) in [7, 11) is 0. The first-order valence-corrected chi connectivity index (χ1v) is 6.47. The summed E-state index contributed by atoms with van der Waals surface area (Å²) in [5.41, 5.74) is 2.19. The molecule has 0 atom stereocenters. The molecule has 0 radical (unpaired) electrons. The van der Waals surface area contributed by atoms with Crippen LogP contribution in [0.3, 0.4) is 0 Å². The second kappa shape index (κ2) is 4.74. The minimum atomic E-state index is -0.594. The highest BCUT2D eigenvalue weighted by Crippen LogP contribution is 2.31. The van der Waals surface area contributed by atoms with Gasteiger partial charge in [0.25, 0.3) is 0 Å². The van der Waals surface area contributed by atoms with E-state index in [0.717, 1.165) is 17.2 Å². The van der Waals surface area contributed by atoms with Gasteiger partial charge in [0.2, 0.25) is 5.91 Å². The Bertz CT molecular complexity index is 718. The van der Waals surface area contributed by atoms with Crippen LogP contribution in [0.15, 0.2) is 24.4 Å². The Morgan fingerprint density at radius 2 is 2.15 bits per heavy atom. The molecule has 1 aliphatic rings. The van der Waals surface area contributed by atoms with Crippen molar-refractivity contribution in [3.63, 3.8) is 0 Å². The molecule has 1 aliphatic heterocycles. The fourth-order valence-corrected chi connectivity index (χ4v) is 2.64. The van der Waals surface area contributed by atoms with Crippen LogP contribution >= 0.6 is 0 Å². The Kier molecular flexibility index (Phi) is 3.04. The summed E-state index contributed by atoms with van der Waals surface area (Å²) in [4.78, 5) is 15.9. The summed E-state index contributed by atoms with van der Waals surface area (Å²) in [6.45, 7) is 2.68. The van der Waals surface area contributed by atoms with Crippen LogP contribution in [0, 0.1) is 11.6 Å². The van der Waals surface area contributed by atoms with Crippen LogP contribution in [0.25, 0.3) is 16.5 Å².